The molecular formula is C10H13BrN2O2S. The van der Waals surface area contributed by atoms with Gasteiger partial charge in [-0.3, -0.25) is 9.69 Å². The van der Waals surface area contributed by atoms with Gasteiger partial charge in [0.15, 0.2) is 0 Å². The van der Waals surface area contributed by atoms with E-state index in [1.807, 2.05) is 5.38 Å². The molecule has 88 valence electrons. The summed E-state index contributed by atoms with van der Waals surface area (Å²) in [4.78, 5) is 14.6. The second kappa shape index (κ2) is 5.27. The van der Waals surface area contributed by atoms with E-state index in [0.717, 1.165) is 17.6 Å². The molecule has 0 aromatic carbocycles. The summed E-state index contributed by atoms with van der Waals surface area (Å²) in [6.07, 6.45) is 0. The molecule has 1 unspecified atom stereocenters. The van der Waals surface area contributed by atoms with Gasteiger partial charge in [-0.25, -0.2) is 0 Å². The fraction of sp³-hybridized carbons (Fsp3) is 0.500. The molecule has 0 radical (unpaired) electrons. The summed E-state index contributed by atoms with van der Waals surface area (Å²) in [5.41, 5.74) is 5.35. The smallest absolute Gasteiger partial charge is 0.237 e. The molecule has 1 aromatic heterocycles. The van der Waals surface area contributed by atoms with E-state index >= 15 is 0 Å². The number of amides is 1. The zero-order valence-corrected chi connectivity index (χ0v) is 11.1. The topological polar surface area (TPSA) is 55.6 Å². The molecule has 6 heteroatoms. The van der Waals surface area contributed by atoms with Crippen LogP contribution < -0.4 is 5.73 Å². The summed E-state index contributed by atoms with van der Waals surface area (Å²) in [6.45, 7) is 2.58. The Morgan fingerprint density at radius 2 is 2.56 bits per heavy atom. The number of hydrogen-bond acceptors (Lipinski definition) is 4. The highest BCUT2D eigenvalue weighted by atomic mass is 79.9. The van der Waals surface area contributed by atoms with Crippen LogP contribution in [0.3, 0.4) is 0 Å². The van der Waals surface area contributed by atoms with Gasteiger partial charge in [-0.2, -0.15) is 0 Å². The summed E-state index contributed by atoms with van der Waals surface area (Å²) in [5.74, 6) is -0.310. The van der Waals surface area contributed by atoms with Crippen LogP contribution in [0.4, 0.5) is 0 Å². The third-order valence-electron chi connectivity index (χ3n) is 2.55. The van der Waals surface area contributed by atoms with Crippen LogP contribution >= 0.6 is 27.3 Å². The highest BCUT2D eigenvalue weighted by molar-refractivity contribution is 9.10. The molecule has 1 aliphatic heterocycles. The Bertz CT molecular complexity index is 383. The minimum Gasteiger partial charge on any atom is -0.378 e. The number of morpholine rings is 1. The zero-order chi connectivity index (χ0) is 11.5. The SMILES string of the molecule is NC(=O)C1COCCN1Cc1cc(Br)cs1. The highest BCUT2D eigenvalue weighted by Gasteiger charge is 2.27. The van der Waals surface area contributed by atoms with E-state index in [-0.39, 0.29) is 11.9 Å². The van der Waals surface area contributed by atoms with Gasteiger partial charge in [-0.15, -0.1) is 11.3 Å². The average Bonchev–Trinajstić information content (AvgIpc) is 2.64. The van der Waals surface area contributed by atoms with E-state index in [4.69, 9.17) is 10.5 Å². The van der Waals surface area contributed by atoms with Crippen LogP contribution in [-0.2, 0) is 16.1 Å². The van der Waals surface area contributed by atoms with Crippen LogP contribution in [0, 0.1) is 0 Å². The van der Waals surface area contributed by atoms with Crippen LogP contribution in [0.15, 0.2) is 15.9 Å². The van der Waals surface area contributed by atoms with Gasteiger partial charge < -0.3 is 10.5 Å². The molecule has 2 heterocycles. The number of primary amides is 1. The third-order valence-corrected chi connectivity index (χ3v) is 4.23. The molecule has 0 aliphatic carbocycles. The van der Waals surface area contributed by atoms with Crippen LogP contribution in [0.2, 0.25) is 0 Å². The number of carbonyl (C=O) groups is 1. The number of nitrogens with zero attached hydrogens (tertiary/aromatic N) is 1. The van der Waals surface area contributed by atoms with Crippen molar-refractivity contribution in [1.29, 1.82) is 0 Å². The van der Waals surface area contributed by atoms with Gasteiger partial charge >= 0.3 is 0 Å². The Kier molecular flexibility index (Phi) is 3.96. The van der Waals surface area contributed by atoms with Gasteiger partial charge in [-0.05, 0) is 22.0 Å². The van der Waals surface area contributed by atoms with Gasteiger partial charge in [0.05, 0.1) is 13.2 Å². The molecule has 1 saturated heterocycles. The minimum atomic E-state index is -0.310. The summed E-state index contributed by atoms with van der Waals surface area (Å²) in [5, 5.41) is 2.04. The molecule has 0 bridgehead atoms. The fourth-order valence-corrected chi connectivity index (χ4v) is 3.20. The second-order valence-corrected chi connectivity index (χ2v) is 5.61. The number of ether oxygens (including phenoxy) is 1. The Morgan fingerprint density at radius 3 is 3.19 bits per heavy atom. The van der Waals surface area contributed by atoms with Crippen LogP contribution in [-0.4, -0.2) is 36.6 Å². The lowest BCUT2D eigenvalue weighted by molar-refractivity contribution is -0.129. The number of hydrogen-bond donors (Lipinski definition) is 1. The first-order valence-electron chi connectivity index (χ1n) is 5.01. The maximum absolute atomic E-state index is 11.3. The molecule has 1 atom stereocenters. The lowest BCUT2D eigenvalue weighted by Gasteiger charge is -2.32. The average molecular weight is 305 g/mol. The van der Waals surface area contributed by atoms with Crippen molar-refractivity contribution < 1.29 is 9.53 Å². The second-order valence-electron chi connectivity index (χ2n) is 3.69. The van der Waals surface area contributed by atoms with Crippen molar-refractivity contribution in [3.8, 4) is 0 Å². The minimum absolute atomic E-state index is 0.297. The quantitative estimate of drug-likeness (QED) is 0.913. The van der Waals surface area contributed by atoms with Crippen molar-refractivity contribution in [3.05, 3.63) is 20.8 Å². The Balaban J connectivity index is 2.03. The maximum Gasteiger partial charge on any atom is 0.237 e. The summed E-state index contributed by atoms with van der Waals surface area (Å²) >= 11 is 5.09. The molecule has 0 saturated carbocycles. The fourth-order valence-electron chi connectivity index (χ4n) is 1.73. The van der Waals surface area contributed by atoms with Crippen molar-refractivity contribution in [3.63, 3.8) is 0 Å². The predicted octanol–water partition coefficient (Wildman–Crippen LogP) is 1.20. The standard InChI is InChI=1S/C10H13BrN2O2S/c11-7-3-8(16-6-7)4-13-1-2-15-5-9(13)10(12)14/h3,6,9H,1-2,4-5H2,(H2,12,14). The first-order chi connectivity index (χ1) is 7.66. The molecule has 2 N–H and O–H groups in total. The predicted molar refractivity (Wildman–Crippen MR) is 66.2 cm³/mol. The molecule has 1 aliphatic rings. The third kappa shape index (κ3) is 2.82. The van der Waals surface area contributed by atoms with Crippen molar-refractivity contribution in [2.24, 2.45) is 5.73 Å². The highest BCUT2D eigenvalue weighted by Crippen LogP contribution is 2.22. The van der Waals surface area contributed by atoms with Gasteiger partial charge in [0.1, 0.15) is 6.04 Å². The molecule has 16 heavy (non-hydrogen) atoms. The molecule has 0 spiro atoms. The maximum atomic E-state index is 11.3. The van der Waals surface area contributed by atoms with E-state index < -0.39 is 0 Å². The summed E-state index contributed by atoms with van der Waals surface area (Å²) < 4.78 is 6.35. The van der Waals surface area contributed by atoms with E-state index in [2.05, 4.69) is 26.9 Å². The van der Waals surface area contributed by atoms with Gasteiger partial charge in [0, 0.05) is 27.8 Å². The van der Waals surface area contributed by atoms with E-state index in [9.17, 15) is 4.79 Å². The van der Waals surface area contributed by atoms with Crippen LogP contribution in [0.1, 0.15) is 4.88 Å². The van der Waals surface area contributed by atoms with Crippen molar-refractivity contribution in [2.75, 3.05) is 19.8 Å². The van der Waals surface area contributed by atoms with Crippen molar-refractivity contribution >= 4 is 33.2 Å². The first-order valence-corrected chi connectivity index (χ1v) is 6.68. The number of halogens is 1. The monoisotopic (exact) mass is 304 g/mol. The van der Waals surface area contributed by atoms with Crippen molar-refractivity contribution in [2.45, 2.75) is 12.6 Å². The lowest BCUT2D eigenvalue weighted by Crippen LogP contribution is -2.51. The molecule has 4 nitrogen and oxygen atoms in total. The van der Waals surface area contributed by atoms with E-state index in [0.29, 0.717) is 13.2 Å². The Morgan fingerprint density at radius 1 is 1.75 bits per heavy atom. The Labute approximate surface area is 106 Å². The van der Waals surface area contributed by atoms with Gasteiger partial charge in [0.2, 0.25) is 5.91 Å². The zero-order valence-electron chi connectivity index (χ0n) is 8.69. The molecule has 2 rings (SSSR count). The van der Waals surface area contributed by atoms with E-state index in [1.165, 1.54) is 4.88 Å². The van der Waals surface area contributed by atoms with E-state index in [1.54, 1.807) is 11.3 Å². The number of nitrogens with two attached hydrogens (primary N) is 1. The Hall–Kier alpha value is -0.430. The summed E-state index contributed by atoms with van der Waals surface area (Å²) in [7, 11) is 0. The molecule has 1 fully saturated rings. The molecule has 1 amide bonds. The van der Waals surface area contributed by atoms with Gasteiger partial charge in [0.25, 0.3) is 0 Å². The molecule has 1 aromatic rings. The van der Waals surface area contributed by atoms with Crippen molar-refractivity contribution in [1.82, 2.24) is 4.90 Å². The number of carbonyl (C=O) groups excluding carboxylic acids is 1. The van der Waals surface area contributed by atoms with Gasteiger partial charge in [-0.1, -0.05) is 0 Å². The molecular weight excluding hydrogens is 292 g/mol. The number of rotatable bonds is 3. The summed E-state index contributed by atoms with van der Waals surface area (Å²) in [6, 6.07) is 1.77. The van der Waals surface area contributed by atoms with Crippen LogP contribution in [0.25, 0.3) is 0 Å². The lowest BCUT2D eigenvalue weighted by atomic mass is 10.2. The van der Waals surface area contributed by atoms with Crippen LogP contribution in [0.5, 0.6) is 0 Å². The largest absolute Gasteiger partial charge is 0.378 e. The normalized spacial score (nSPS) is 22.2. The number of thiophene rings is 1. The first kappa shape index (κ1) is 12.0.